The fraction of sp³-hybridized carbons (Fsp3) is 0.647. The average molecular weight is 307 g/mol. The first kappa shape index (κ1) is 15.2. The number of rotatable bonds is 6. The van der Waals surface area contributed by atoms with Gasteiger partial charge in [-0.05, 0) is 55.5 Å². The molecule has 1 fully saturated rings. The normalized spacial score (nSPS) is 24.0. The lowest BCUT2D eigenvalue weighted by Gasteiger charge is -2.23. The molecule has 1 N–H and O–H groups in total. The molecule has 4 heteroatoms. The molecule has 1 aromatic carbocycles. The highest BCUT2D eigenvalue weighted by Crippen LogP contribution is 2.25. The molecule has 0 radical (unpaired) electrons. The maximum atomic E-state index is 12.7. The van der Waals surface area contributed by atoms with Crippen molar-refractivity contribution in [3.8, 4) is 0 Å². The van der Waals surface area contributed by atoms with E-state index in [4.69, 9.17) is 4.74 Å². The van der Waals surface area contributed by atoms with Crippen molar-refractivity contribution in [3.63, 3.8) is 0 Å². The summed E-state index contributed by atoms with van der Waals surface area (Å²) >= 11 is 0. The minimum atomic E-state index is -0.921. The SMILES string of the molecule is CCNC(CS(=O)c1ccc2c(c1)CCC2)C1CCOC1. The van der Waals surface area contributed by atoms with E-state index in [9.17, 15) is 4.21 Å². The van der Waals surface area contributed by atoms with Crippen LogP contribution in [0.5, 0.6) is 0 Å². The van der Waals surface area contributed by atoms with E-state index in [1.165, 1.54) is 24.0 Å². The predicted octanol–water partition coefficient (Wildman–Crippen LogP) is 2.30. The highest BCUT2D eigenvalue weighted by atomic mass is 32.2. The van der Waals surface area contributed by atoms with Gasteiger partial charge in [-0.1, -0.05) is 13.0 Å². The number of ether oxygens (including phenoxy) is 1. The van der Waals surface area contributed by atoms with E-state index in [-0.39, 0.29) is 0 Å². The summed E-state index contributed by atoms with van der Waals surface area (Å²) in [6.45, 7) is 4.68. The lowest BCUT2D eigenvalue weighted by atomic mass is 10.0. The van der Waals surface area contributed by atoms with Gasteiger partial charge in [-0.15, -0.1) is 0 Å². The van der Waals surface area contributed by atoms with Gasteiger partial charge < -0.3 is 10.1 Å². The van der Waals surface area contributed by atoms with Gasteiger partial charge in [-0.3, -0.25) is 4.21 Å². The smallest absolute Gasteiger partial charge is 0.0545 e. The van der Waals surface area contributed by atoms with E-state index in [0.717, 1.165) is 37.5 Å². The molecule has 1 aliphatic carbocycles. The molecule has 21 heavy (non-hydrogen) atoms. The monoisotopic (exact) mass is 307 g/mol. The van der Waals surface area contributed by atoms with E-state index in [0.29, 0.717) is 17.7 Å². The number of fused-ring (bicyclic) bond motifs is 1. The van der Waals surface area contributed by atoms with Crippen LogP contribution < -0.4 is 5.32 Å². The van der Waals surface area contributed by atoms with Gasteiger partial charge in [0.05, 0.1) is 17.4 Å². The summed E-state index contributed by atoms with van der Waals surface area (Å²) in [6, 6.07) is 6.71. The second-order valence-electron chi connectivity index (χ2n) is 6.08. The van der Waals surface area contributed by atoms with Crippen LogP contribution in [-0.2, 0) is 28.4 Å². The number of benzene rings is 1. The predicted molar refractivity (Wildman–Crippen MR) is 86.1 cm³/mol. The van der Waals surface area contributed by atoms with Crippen LogP contribution in [0, 0.1) is 5.92 Å². The van der Waals surface area contributed by atoms with Crippen LogP contribution in [0.25, 0.3) is 0 Å². The molecule has 0 amide bonds. The third kappa shape index (κ3) is 3.55. The number of hydrogen-bond donors (Lipinski definition) is 1. The van der Waals surface area contributed by atoms with Gasteiger partial charge in [0.1, 0.15) is 0 Å². The van der Waals surface area contributed by atoms with Crippen LogP contribution in [-0.4, -0.2) is 35.8 Å². The molecular formula is C17H25NO2S. The van der Waals surface area contributed by atoms with Crippen molar-refractivity contribution in [2.24, 2.45) is 5.92 Å². The summed E-state index contributed by atoms with van der Waals surface area (Å²) in [6.07, 6.45) is 4.65. The Bertz CT molecular complexity index is 512. The Morgan fingerprint density at radius 3 is 3.00 bits per heavy atom. The van der Waals surface area contributed by atoms with Gasteiger partial charge in [-0.2, -0.15) is 0 Å². The Morgan fingerprint density at radius 1 is 1.38 bits per heavy atom. The minimum Gasteiger partial charge on any atom is -0.381 e. The van der Waals surface area contributed by atoms with Crippen molar-refractivity contribution in [2.45, 2.75) is 43.5 Å². The molecular weight excluding hydrogens is 282 g/mol. The highest BCUT2D eigenvalue weighted by molar-refractivity contribution is 7.85. The maximum absolute atomic E-state index is 12.7. The lowest BCUT2D eigenvalue weighted by molar-refractivity contribution is 0.179. The standard InChI is InChI=1S/C17H25NO2S/c1-2-18-17(15-8-9-20-11-15)12-21(19)16-7-6-13-4-3-5-14(13)10-16/h6-7,10,15,17-18H,2-5,8-9,11-12H2,1H3. The Labute approximate surface area is 129 Å². The van der Waals surface area contributed by atoms with Crippen molar-refractivity contribution >= 4 is 10.8 Å². The molecule has 0 spiro atoms. The van der Waals surface area contributed by atoms with E-state index >= 15 is 0 Å². The Balaban J connectivity index is 1.68. The molecule has 116 valence electrons. The van der Waals surface area contributed by atoms with Gasteiger partial charge in [0.2, 0.25) is 0 Å². The fourth-order valence-electron chi connectivity index (χ4n) is 3.44. The molecule has 2 aliphatic rings. The quantitative estimate of drug-likeness (QED) is 0.876. The Hall–Kier alpha value is -0.710. The summed E-state index contributed by atoms with van der Waals surface area (Å²) in [5.74, 6) is 1.20. The Morgan fingerprint density at radius 2 is 2.24 bits per heavy atom. The molecule has 1 aliphatic heterocycles. The topological polar surface area (TPSA) is 38.3 Å². The zero-order valence-corrected chi connectivity index (χ0v) is 13.6. The number of aryl methyl sites for hydroxylation is 2. The first-order chi connectivity index (χ1) is 10.3. The molecule has 0 aromatic heterocycles. The van der Waals surface area contributed by atoms with Crippen LogP contribution in [0.3, 0.4) is 0 Å². The van der Waals surface area contributed by atoms with E-state index in [2.05, 4.69) is 30.4 Å². The van der Waals surface area contributed by atoms with Gasteiger partial charge in [-0.25, -0.2) is 0 Å². The molecule has 3 unspecified atom stereocenters. The first-order valence-electron chi connectivity index (χ1n) is 8.09. The van der Waals surface area contributed by atoms with E-state index in [1.54, 1.807) is 0 Å². The lowest BCUT2D eigenvalue weighted by Crippen LogP contribution is -2.40. The number of hydrogen-bond acceptors (Lipinski definition) is 3. The van der Waals surface area contributed by atoms with Gasteiger partial charge >= 0.3 is 0 Å². The van der Waals surface area contributed by atoms with Crippen molar-refractivity contribution in [3.05, 3.63) is 29.3 Å². The molecule has 1 heterocycles. The number of nitrogens with one attached hydrogen (secondary N) is 1. The molecule has 0 bridgehead atoms. The minimum absolute atomic E-state index is 0.298. The summed E-state index contributed by atoms with van der Waals surface area (Å²) in [5, 5.41) is 3.50. The van der Waals surface area contributed by atoms with Crippen molar-refractivity contribution in [2.75, 3.05) is 25.5 Å². The van der Waals surface area contributed by atoms with Crippen LogP contribution in [0.15, 0.2) is 23.1 Å². The van der Waals surface area contributed by atoms with Crippen LogP contribution >= 0.6 is 0 Å². The third-order valence-corrected chi connectivity index (χ3v) is 6.11. The van der Waals surface area contributed by atoms with Crippen LogP contribution in [0.2, 0.25) is 0 Å². The summed E-state index contributed by atoms with van der Waals surface area (Å²) in [5.41, 5.74) is 2.85. The maximum Gasteiger partial charge on any atom is 0.0545 e. The van der Waals surface area contributed by atoms with Gasteiger partial charge in [0.25, 0.3) is 0 Å². The van der Waals surface area contributed by atoms with E-state index in [1.807, 2.05) is 0 Å². The third-order valence-electron chi connectivity index (χ3n) is 4.66. The molecule has 1 saturated heterocycles. The molecule has 3 nitrogen and oxygen atoms in total. The zero-order valence-electron chi connectivity index (χ0n) is 12.8. The van der Waals surface area contributed by atoms with Crippen molar-refractivity contribution in [1.82, 2.24) is 5.32 Å². The largest absolute Gasteiger partial charge is 0.381 e. The summed E-state index contributed by atoms with van der Waals surface area (Å²) < 4.78 is 18.2. The first-order valence-corrected chi connectivity index (χ1v) is 9.41. The zero-order chi connectivity index (χ0) is 14.7. The average Bonchev–Trinajstić information content (AvgIpc) is 3.17. The van der Waals surface area contributed by atoms with Crippen LogP contribution in [0.4, 0.5) is 0 Å². The molecule has 0 saturated carbocycles. The van der Waals surface area contributed by atoms with E-state index < -0.39 is 10.8 Å². The summed E-state index contributed by atoms with van der Waals surface area (Å²) in [4.78, 5) is 0.998. The fourth-order valence-corrected chi connectivity index (χ4v) is 4.85. The molecule has 3 rings (SSSR count). The van der Waals surface area contributed by atoms with Crippen LogP contribution in [0.1, 0.15) is 30.9 Å². The van der Waals surface area contributed by atoms with Gasteiger partial charge in [0.15, 0.2) is 0 Å². The Kier molecular flexibility index (Phi) is 5.09. The second kappa shape index (κ2) is 7.03. The van der Waals surface area contributed by atoms with Crippen molar-refractivity contribution in [1.29, 1.82) is 0 Å². The highest BCUT2D eigenvalue weighted by Gasteiger charge is 2.27. The summed E-state index contributed by atoms with van der Waals surface area (Å²) in [7, 11) is -0.921. The van der Waals surface area contributed by atoms with Gasteiger partial charge in [0, 0.05) is 29.2 Å². The second-order valence-corrected chi connectivity index (χ2v) is 7.58. The van der Waals surface area contributed by atoms with Crippen molar-refractivity contribution < 1.29 is 8.95 Å². The molecule has 1 aromatic rings. The molecule has 3 atom stereocenters.